The first kappa shape index (κ1) is 15.8. The Morgan fingerprint density at radius 1 is 1.15 bits per heavy atom. The summed E-state index contributed by atoms with van der Waals surface area (Å²) in [6.07, 6.45) is 1.64. The standard InChI is InChI=1S/C20H14N4O2/c1-13-16(12-24(23-13)14-7-3-2-4-8-14)19(25)15(11-21)20-22-17-9-5-6-10-18(17)26-20/h2-10,12,15H,1H3/t15-/m0/s1. The predicted molar refractivity (Wildman–Crippen MR) is 95.0 cm³/mol. The van der Waals surface area contributed by atoms with E-state index in [1.54, 1.807) is 29.9 Å². The minimum atomic E-state index is -1.12. The highest BCUT2D eigenvalue weighted by Crippen LogP contribution is 2.25. The van der Waals surface area contributed by atoms with Crippen molar-refractivity contribution in [2.24, 2.45) is 0 Å². The van der Waals surface area contributed by atoms with E-state index in [-0.39, 0.29) is 11.7 Å². The Morgan fingerprint density at radius 3 is 2.62 bits per heavy atom. The van der Waals surface area contributed by atoms with Crippen molar-refractivity contribution in [3.8, 4) is 11.8 Å². The van der Waals surface area contributed by atoms with Crippen LogP contribution in [-0.4, -0.2) is 20.5 Å². The molecule has 0 saturated carbocycles. The van der Waals surface area contributed by atoms with Crippen LogP contribution in [0.5, 0.6) is 0 Å². The third kappa shape index (κ3) is 2.66. The van der Waals surface area contributed by atoms with E-state index in [0.29, 0.717) is 22.4 Å². The summed E-state index contributed by atoms with van der Waals surface area (Å²) in [5.41, 5.74) is 2.93. The van der Waals surface area contributed by atoms with Gasteiger partial charge in [-0.05, 0) is 31.2 Å². The van der Waals surface area contributed by atoms with Gasteiger partial charge >= 0.3 is 0 Å². The van der Waals surface area contributed by atoms with Gasteiger partial charge in [0.15, 0.2) is 17.3 Å². The van der Waals surface area contributed by atoms with Crippen LogP contribution in [0.25, 0.3) is 16.8 Å². The zero-order valence-corrected chi connectivity index (χ0v) is 14.0. The molecule has 6 heteroatoms. The quantitative estimate of drug-likeness (QED) is 0.526. The minimum absolute atomic E-state index is 0.102. The lowest BCUT2D eigenvalue weighted by Gasteiger charge is -2.02. The molecule has 0 saturated heterocycles. The second kappa shape index (κ2) is 6.30. The van der Waals surface area contributed by atoms with E-state index in [2.05, 4.69) is 10.1 Å². The lowest BCUT2D eigenvalue weighted by atomic mass is 9.99. The molecule has 26 heavy (non-hydrogen) atoms. The van der Waals surface area contributed by atoms with Crippen LogP contribution in [0.15, 0.2) is 65.2 Å². The molecule has 126 valence electrons. The number of oxazole rings is 1. The smallest absolute Gasteiger partial charge is 0.220 e. The number of nitriles is 1. The summed E-state index contributed by atoms with van der Waals surface area (Å²) in [6, 6.07) is 18.7. The Hall–Kier alpha value is -3.72. The maximum atomic E-state index is 12.9. The topological polar surface area (TPSA) is 84.7 Å². The van der Waals surface area contributed by atoms with E-state index in [1.807, 2.05) is 48.5 Å². The fourth-order valence-electron chi connectivity index (χ4n) is 2.81. The lowest BCUT2D eigenvalue weighted by Crippen LogP contribution is -2.12. The lowest BCUT2D eigenvalue weighted by molar-refractivity contribution is 0.0969. The normalized spacial score (nSPS) is 12.0. The summed E-state index contributed by atoms with van der Waals surface area (Å²) in [6.45, 7) is 1.74. The molecule has 2 aromatic heterocycles. The van der Waals surface area contributed by atoms with Gasteiger partial charge in [0.25, 0.3) is 0 Å². The van der Waals surface area contributed by atoms with Crippen molar-refractivity contribution in [3.63, 3.8) is 0 Å². The van der Waals surface area contributed by atoms with E-state index >= 15 is 0 Å². The van der Waals surface area contributed by atoms with E-state index in [0.717, 1.165) is 5.69 Å². The number of rotatable bonds is 4. The van der Waals surface area contributed by atoms with E-state index in [9.17, 15) is 10.1 Å². The van der Waals surface area contributed by atoms with Gasteiger partial charge in [0.2, 0.25) is 5.89 Å². The third-order valence-electron chi connectivity index (χ3n) is 4.13. The molecular formula is C20H14N4O2. The molecule has 0 aliphatic heterocycles. The van der Waals surface area contributed by atoms with E-state index in [1.165, 1.54) is 0 Å². The number of hydrogen-bond acceptors (Lipinski definition) is 5. The van der Waals surface area contributed by atoms with Crippen molar-refractivity contribution < 1.29 is 9.21 Å². The summed E-state index contributed by atoms with van der Waals surface area (Å²) in [5.74, 6) is -1.39. The SMILES string of the molecule is Cc1nn(-c2ccccc2)cc1C(=O)[C@H](C#N)c1nc2ccccc2o1. The first-order valence-electron chi connectivity index (χ1n) is 8.08. The zero-order valence-electron chi connectivity index (χ0n) is 14.0. The summed E-state index contributed by atoms with van der Waals surface area (Å²) in [4.78, 5) is 17.2. The van der Waals surface area contributed by atoms with E-state index in [4.69, 9.17) is 4.42 Å². The van der Waals surface area contributed by atoms with Crippen molar-refractivity contribution in [3.05, 3.63) is 77.9 Å². The van der Waals surface area contributed by atoms with Crippen molar-refractivity contribution in [2.75, 3.05) is 0 Å². The number of aromatic nitrogens is 3. The molecule has 0 fully saturated rings. The number of aryl methyl sites for hydroxylation is 1. The van der Waals surface area contributed by atoms with Crippen LogP contribution in [0, 0.1) is 18.3 Å². The predicted octanol–water partition coefficient (Wildman–Crippen LogP) is 3.81. The molecule has 0 amide bonds. The highest BCUT2D eigenvalue weighted by molar-refractivity contribution is 6.03. The Labute approximate surface area is 149 Å². The molecule has 4 rings (SSSR count). The number of carbonyl (C=O) groups excluding carboxylic acids is 1. The first-order valence-corrected chi connectivity index (χ1v) is 8.08. The molecule has 0 bridgehead atoms. The average Bonchev–Trinajstić information content (AvgIpc) is 3.26. The van der Waals surface area contributed by atoms with Crippen LogP contribution < -0.4 is 0 Å². The largest absolute Gasteiger partial charge is 0.439 e. The molecule has 0 radical (unpaired) electrons. The molecule has 0 aliphatic carbocycles. The molecule has 0 N–H and O–H groups in total. The van der Waals surface area contributed by atoms with Gasteiger partial charge in [0, 0.05) is 6.20 Å². The van der Waals surface area contributed by atoms with Crippen LogP contribution in [0.3, 0.4) is 0 Å². The summed E-state index contributed by atoms with van der Waals surface area (Å²) in [7, 11) is 0. The molecule has 6 nitrogen and oxygen atoms in total. The molecule has 0 spiro atoms. The minimum Gasteiger partial charge on any atom is -0.439 e. The maximum Gasteiger partial charge on any atom is 0.220 e. The van der Waals surface area contributed by atoms with Crippen LogP contribution in [0.4, 0.5) is 0 Å². The number of para-hydroxylation sites is 3. The zero-order chi connectivity index (χ0) is 18.1. The molecular weight excluding hydrogens is 328 g/mol. The number of hydrogen-bond donors (Lipinski definition) is 0. The van der Waals surface area contributed by atoms with Gasteiger partial charge in [-0.15, -0.1) is 0 Å². The molecule has 0 aliphatic rings. The number of ketones is 1. The van der Waals surface area contributed by atoms with Gasteiger partial charge < -0.3 is 4.42 Å². The van der Waals surface area contributed by atoms with Crippen LogP contribution >= 0.6 is 0 Å². The highest BCUT2D eigenvalue weighted by atomic mass is 16.3. The highest BCUT2D eigenvalue weighted by Gasteiger charge is 2.29. The molecule has 2 heterocycles. The number of benzene rings is 2. The second-order valence-corrected chi connectivity index (χ2v) is 5.85. The van der Waals surface area contributed by atoms with Gasteiger partial charge in [-0.25, -0.2) is 9.67 Å². The summed E-state index contributed by atoms with van der Waals surface area (Å²) < 4.78 is 7.24. The molecule has 1 atom stereocenters. The van der Waals surface area contributed by atoms with Crippen LogP contribution in [0.2, 0.25) is 0 Å². The monoisotopic (exact) mass is 342 g/mol. The van der Waals surface area contributed by atoms with Crippen molar-refractivity contribution in [1.82, 2.24) is 14.8 Å². The Morgan fingerprint density at radius 2 is 1.88 bits per heavy atom. The van der Waals surface area contributed by atoms with Gasteiger partial charge in [-0.3, -0.25) is 4.79 Å². The Balaban J connectivity index is 1.72. The second-order valence-electron chi connectivity index (χ2n) is 5.85. The van der Waals surface area contributed by atoms with Gasteiger partial charge in [0.1, 0.15) is 5.52 Å². The Bertz CT molecular complexity index is 1100. The Kier molecular flexibility index (Phi) is 3.82. The average molecular weight is 342 g/mol. The van der Waals surface area contributed by atoms with Crippen molar-refractivity contribution in [1.29, 1.82) is 5.26 Å². The van der Waals surface area contributed by atoms with Crippen molar-refractivity contribution >= 4 is 16.9 Å². The summed E-state index contributed by atoms with van der Waals surface area (Å²) >= 11 is 0. The maximum absolute atomic E-state index is 12.9. The number of Topliss-reactive ketones (excluding diaryl/α,β-unsaturated/α-hetero) is 1. The van der Waals surface area contributed by atoms with Gasteiger partial charge in [-0.2, -0.15) is 10.4 Å². The van der Waals surface area contributed by atoms with Crippen molar-refractivity contribution in [2.45, 2.75) is 12.8 Å². The van der Waals surface area contributed by atoms with Crippen LogP contribution in [-0.2, 0) is 0 Å². The van der Waals surface area contributed by atoms with Gasteiger partial charge in [-0.1, -0.05) is 30.3 Å². The third-order valence-corrected chi connectivity index (χ3v) is 4.13. The van der Waals surface area contributed by atoms with E-state index < -0.39 is 5.92 Å². The molecule has 4 aromatic rings. The number of carbonyl (C=O) groups is 1. The van der Waals surface area contributed by atoms with Gasteiger partial charge in [0.05, 0.1) is 23.0 Å². The molecule has 2 aromatic carbocycles. The number of nitrogens with zero attached hydrogens (tertiary/aromatic N) is 4. The molecule has 0 unspecified atom stereocenters. The van der Waals surface area contributed by atoms with Crippen LogP contribution in [0.1, 0.15) is 27.9 Å². The first-order chi connectivity index (χ1) is 12.7. The fraction of sp³-hybridized carbons (Fsp3) is 0.100. The number of fused-ring (bicyclic) bond motifs is 1. The summed E-state index contributed by atoms with van der Waals surface area (Å²) in [5, 5.41) is 13.9. The fourth-order valence-corrected chi connectivity index (χ4v) is 2.81.